The first-order valence-corrected chi connectivity index (χ1v) is 7.92. The molecule has 1 atom stereocenters. The Balaban J connectivity index is 2.33. The zero-order valence-electron chi connectivity index (χ0n) is 13.4. The number of rotatable bonds is 1. The summed E-state index contributed by atoms with van der Waals surface area (Å²) < 4.78 is 25.0. The molecule has 0 aromatic heterocycles. The van der Waals surface area contributed by atoms with Crippen molar-refractivity contribution in [3.63, 3.8) is 0 Å². The van der Waals surface area contributed by atoms with Gasteiger partial charge in [-0.05, 0) is 68.2 Å². The molecule has 4 nitrogen and oxygen atoms in total. The minimum atomic E-state index is -0.784. The van der Waals surface area contributed by atoms with Gasteiger partial charge in [0.25, 0.3) is 0 Å². The molecule has 0 saturated carbocycles. The van der Waals surface area contributed by atoms with Gasteiger partial charge >= 0.3 is 6.09 Å². The van der Waals surface area contributed by atoms with E-state index in [0.717, 1.165) is 5.56 Å². The summed E-state index contributed by atoms with van der Waals surface area (Å²) in [5, 5.41) is 0. The Morgan fingerprint density at radius 2 is 2.09 bits per heavy atom. The summed E-state index contributed by atoms with van der Waals surface area (Å²) in [5.41, 5.74) is -0.581. The summed E-state index contributed by atoms with van der Waals surface area (Å²) >= 11 is 3.18. The van der Waals surface area contributed by atoms with Crippen molar-refractivity contribution in [1.82, 2.24) is 4.90 Å². The van der Waals surface area contributed by atoms with E-state index in [1.807, 2.05) is 34.6 Å². The molecule has 0 bridgehead atoms. The standard InChI is InChI=1S/C16H21BrFNO3/c1-15(2,3)22-14(20)19-13(9-21-16(19,4)5)10-6-7-12(18)11(17)8-10/h6-8,13H,9H2,1-5H3/t13-/m1/s1. The minimum Gasteiger partial charge on any atom is -0.444 e. The average molecular weight is 374 g/mol. The molecule has 0 radical (unpaired) electrons. The molecule has 0 N–H and O–H groups in total. The van der Waals surface area contributed by atoms with Crippen molar-refractivity contribution < 1.29 is 18.7 Å². The van der Waals surface area contributed by atoms with Crippen LogP contribution < -0.4 is 0 Å². The molecule has 1 aromatic rings. The lowest BCUT2D eigenvalue weighted by molar-refractivity contribution is -0.0626. The molecule has 0 unspecified atom stereocenters. The first-order valence-electron chi connectivity index (χ1n) is 7.12. The van der Waals surface area contributed by atoms with Crippen LogP contribution in [0.2, 0.25) is 0 Å². The van der Waals surface area contributed by atoms with Crippen LogP contribution in [-0.4, -0.2) is 28.9 Å². The molecular formula is C16H21BrFNO3. The van der Waals surface area contributed by atoms with Gasteiger partial charge in [0.2, 0.25) is 0 Å². The zero-order valence-corrected chi connectivity index (χ0v) is 15.0. The van der Waals surface area contributed by atoms with Crippen LogP contribution in [0.3, 0.4) is 0 Å². The topological polar surface area (TPSA) is 38.8 Å². The highest BCUT2D eigenvalue weighted by molar-refractivity contribution is 9.10. The molecule has 1 amide bonds. The number of nitrogens with zero attached hydrogens (tertiary/aromatic N) is 1. The Kier molecular flexibility index (Phi) is 4.55. The Bertz CT molecular complexity index is 583. The smallest absolute Gasteiger partial charge is 0.413 e. The number of hydrogen-bond acceptors (Lipinski definition) is 3. The summed E-state index contributed by atoms with van der Waals surface area (Å²) in [6, 6.07) is 4.38. The number of benzene rings is 1. The van der Waals surface area contributed by atoms with Gasteiger partial charge in [-0.1, -0.05) is 6.07 Å². The molecule has 0 aliphatic carbocycles. The van der Waals surface area contributed by atoms with Crippen molar-refractivity contribution in [1.29, 1.82) is 0 Å². The van der Waals surface area contributed by atoms with Crippen LogP contribution in [-0.2, 0) is 9.47 Å². The zero-order chi connectivity index (χ0) is 16.7. The van der Waals surface area contributed by atoms with Crippen molar-refractivity contribution >= 4 is 22.0 Å². The van der Waals surface area contributed by atoms with E-state index in [1.54, 1.807) is 17.0 Å². The number of halogens is 2. The molecule has 1 aliphatic rings. The summed E-state index contributed by atoms with van der Waals surface area (Å²) in [6.07, 6.45) is -0.444. The van der Waals surface area contributed by atoms with Gasteiger partial charge in [0.15, 0.2) is 0 Å². The van der Waals surface area contributed by atoms with Crippen molar-refractivity contribution in [2.24, 2.45) is 0 Å². The lowest BCUT2D eigenvalue weighted by atomic mass is 10.1. The molecule has 2 rings (SSSR count). The third kappa shape index (κ3) is 3.60. The molecule has 1 aliphatic heterocycles. The van der Waals surface area contributed by atoms with Gasteiger partial charge in [-0.15, -0.1) is 0 Å². The van der Waals surface area contributed by atoms with Crippen LogP contribution in [0.5, 0.6) is 0 Å². The second-order valence-electron chi connectivity index (χ2n) is 6.80. The van der Waals surface area contributed by atoms with E-state index in [2.05, 4.69) is 15.9 Å². The maximum atomic E-state index is 13.4. The molecule has 22 heavy (non-hydrogen) atoms. The molecule has 1 heterocycles. The van der Waals surface area contributed by atoms with Crippen LogP contribution in [0.25, 0.3) is 0 Å². The first kappa shape index (κ1) is 17.2. The SMILES string of the molecule is CC(C)(C)OC(=O)N1[C@@H](c2ccc(F)c(Br)c2)COC1(C)C. The molecule has 0 spiro atoms. The lowest BCUT2D eigenvalue weighted by Gasteiger charge is -2.35. The Morgan fingerprint density at radius 1 is 1.45 bits per heavy atom. The second kappa shape index (κ2) is 5.81. The normalized spacial score (nSPS) is 21.0. The van der Waals surface area contributed by atoms with Gasteiger partial charge < -0.3 is 9.47 Å². The first-order chi connectivity index (χ1) is 10.0. The Morgan fingerprint density at radius 3 is 2.64 bits per heavy atom. The van der Waals surface area contributed by atoms with Crippen LogP contribution >= 0.6 is 15.9 Å². The quantitative estimate of drug-likeness (QED) is 0.719. The minimum absolute atomic E-state index is 0.318. The summed E-state index contributed by atoms with van der Waals surface area (Å²) in [5.74, 6) is -0.342. The highest BCUT2D eigenvalue weighted by atomic mass is 79.9. The fourth-order valence-corrected chi connectivity index (χ4v) is 2.82. The van der Waals surface area contributed by atoms with Gasteiger partial charge in [0, 0.05) is 0 Å². The molecule has 122 valence electrons. The number of ether oxygens (including phenoxy) is 2. The number of carbonyl (C=O) groups is 1. The number of carbonyl (C=O) groups excluding carboxylic acids is 1. The van der Waals surface area contributed by atoms with Crippen molar-refractivity contribution in [2.75, 3.05) is 6.61 Å². The Hall–Kier alpha value is -1.14. The largest absolute Gasteiger partial charge is 0.444 e. The fraction of sp³-hybridized carbons (Fsp3) is 0.562. The highest BCUT2D eigenvalue weighted by Crippen LogP contribution is 2.38. The predicted molar refractivity (Wildman–Crippen MR) is 84.9 cm³/mol. The molecule has 6 heteroatoms. The summed E-state index contributed by atoms with van der Waals surface area (Å²) in [7, 11) is 0. The van der Waals surface area contributed by atoms with E-state index < -0.39 is 17.4 Å². The van der Waals surface area contributed by atoms with E-state index in [9.17, 15) is 9.18 Å². The van der Waals surface area contributed by atoms with Gasteiger partial charge in [-0.2, -0.15) is 0 Å². The van der Waals surface area contributed by atoms with E-state index in [4.69, 9.17) is 9.47 Å². The number of amides is 1. The number of hydrogen-bond donors (Lipinski definition) is 0. The second-order valence-corrected chi connectivity index (χ2v) is 7.65. The summed E-state index contributed by atoms with van der Waals surface area (Å²) in [4.78, 5) is 14.1. The molecule has 1 aromatic carbocycles. The molecule has 1 fully saturated rings. The van der Waals surface area contributed by atoms with Gasteiger partial charge in [0.05, 0.1) is 17.1 Å². The van der Waals surface area contributed by atoms with E-state index >= 15 is 0 Å². The highest BCUT2D eigenvalue weighted by Gasteiger charge is 2.46. The van der Waals surface area contributed by atoms with E-state index in [-0.39, 0.29) is 11.9 Å². The van der Waals surface area contributed by atoms with Crippen LogP contribution in [0.15, 0.2) is 22.7 Å². The van der Waals surface area contributed by atoms with Crippen molar-refractivity contribution in [3.05, 3.63) is 34.1 Å². The van der Waals surface area contributed by atoms with Crippen molar-refractivity contribution in [2.45, 2.75) is 52.0 Å². The molecule has 1 saturated heterocycles. The fourth-order valence-electron chi connectivity index (χ4n) is 2.43. The monoisotopic (exact) mass is 373 g/mol. The van der Waals surface area contributed by atoms with Crippen LogP contribution in [0.1, 0.15) is 46.2 Å². The summed E-state index contributed by atoms with van der Waals surface area (Å²) in [6.45, 7) is 9.42. The predicted octanol–water partition coefficient (Wildman–Crippen LogP) is 4.63. The average Bonchev–Trinajstić information content (AvgIpc) is 2.66. The third-order valence-electron chi connectivity index (χ3n) is 3.40. The van der Waals surface area contributed by atoms with Crippen LogP contribution in [0.4, 0.5) is 9.18 Å². The van der Waals surface area contributed by atoms with E-state index in [1.165, 1.54) is 6.07 Å². The van der Waals surface area contributed by atoms with Gasteiger partial charge in [-0.3, -0.25) is 4.90 Å². The Labute approximate surface area is 138 Å². The lowest BCUT2D eigenvalue weighted by Crippen LogP contribution is -2.47. The van der Waals surface area contributed by atoms with Gasteiger partial charge in [-0.25, -0.2) is 9.18 Å². The maximum Gasteiger partial charge on any atom is 0.413 e. The van der Waals surface area contributed by atoms with Gasteiger partial charge in [0.1, 0.15) is 17.1 Å². The third-order valence-corrected chi connectivity index (χ3v) is 4.01. The maximum absolute atomic E-state index is 13.4. The van der Waals surface area contributed by atoms with Crippen LogP contribution in [0, 0.1) is 5.82 Å². The molecular weight excluding hydrogens is 353 g/mol. The van der Waals surface area contributed by atoms with Crippen molar-refractivity contribution in [3.8, 4) is 0 Å². The van der Waals surface area contributed by atoms with E-state index in [0.29, 0.717) is 11.1 Å².